The molecule has 0 aliphatic heterocycles. The molecule has 2 aromatic carbocycles. The average molecular weight is 375 g/mol. The van der Waals surface area contributed by atoms with E-state index in [2.05, 4.69) is 10.3 Å². The normalized spacial score (nSPS) is 12.8. The Balaban J connectivity index is 1.84. The van der Waals surface area contributed by atoms with Crippen molar-refractivity contribution in [2.45, 2.75) is 17.4 Å². The highest BCUT2D eigenvalue weighted by Gasteiger charge is 2.22. The summed E-state index contributed by atoms with van der Waals surface area (Å²) in [5.74, 6) is -1.11. The SMILES string of the molecule is CS(=O)(=O)c1ccc(C[C@H](Nc2nc3ccccc3o2)C(=O)O)c(N)c1. The maximum absolute atomic E-state index is 11.6. The third kappa shape index (κ3) is 3.77. The Labute approximate surface area is 149 Å². The summed E-state index contributed by atoms with van der Waals surface area (Å²) >= 11 is 0. The number of hydrogen-bond donors (Lipinski definition) is 3. The molecule has 3 aromatic rings. The van der Waals surface area contributed by atoms with E-state index in [1.807, 2.05) is 0 Å². The van der Waals surface area contributed by atoms with E-state index in [9.17, 15) is 18.3 Å². The van der Waals surface area contributed by atoms with Gasteiger partial charge < -0.3 is 20.6 Å². The number of carboxylic acid groups (broad SMARTS) is 1. The number of benzene rings is 2. The van der Waals surface area contributed by atoms with E-state index in [0.29, 0.717) is 16.7 Å². The zero-order valence-electron chi connectivity index (χ0n) is 13.8. The number of sulfone groups is 1. The van der Waals surface area contributed by atoms with Gasteiger partial charge >= 0.3 is 5.97 Å². The number of hydrogen-bond acceptors (Lipinski definition) is 7. The monoisotopic (exact) mass is 375 g/mol. The van der Waals surface area contributed by atoms with Crippen LogP contribution in [0.25, 0.3) is 11.1 Å². The van der Waals surface area contributed by atoms with Crippen LogP contribution < -0.4 is 11.1 Å². The highest BCUT2D eigenvalue weighted by molar-refractivity contribution is 7.90. The predicted molar refractivity (Wildman–Crippen MR) is 96.7 cm³/mol. The highest BCUT2D eigenvalue weighted by atomic mass is 32.2. The molecule has 8 nitrogen and oxygen atoms in total. The van der Waals surface area contributed by atoms with Crippen molar-refractivity contribution in [3.63, 3.8) is 0 Å². The molecule has 0 unspecified atom stereocenters. The van der Waals surface area contributed by atoms with E-state index in [1.54, 1.807) is 24.3 Å². The van der Waals surface area contributed by atoms with Crippen LogP contribution in [0.5, 0.6) is 0 Å². The maximum atomic E-state index is 11.6. The molecule has 0 fully saturated rings. The zero-order chi connectivity index (χ0) is 18.9. The van der Waals surface area contributed by atoms with Crippen molar-refractivity contribution < 1.29 is 22.7 Å². The molecule has 0 aliphatic carbocycles. The molecule has 0 saturated heterocycles. The number of rotatable bonds is 6. The van der Waals surface area contributed by atoms with Gasteiger partial charge in [0.25, 0.3) is 6.01 Å². The summed E-state index contributed by atoms with van der Waals surface area (Å²) in [6.07, 6.45) is 1.11. The third-order valence-corrected chi connectivity index (χ3v) is 4.97. The van der Waals surface area contributed by atoms with Crippen LogP contribution in [0.4, 0.5) is 11.7 Å². The lowest BCUT2D eigenvalue weighted by molar-refractivity contribution is -0.137. The fourth-order valence-corrected chi connectivity index (χ4v) is 3.15. The lowest BCUT2D eigenvalue weighted by Gasteiger charge is -2.15. The molecular weight excluding hydrogens is 358 g/mol. The second kappa shape index (κ2) is 6.68. The second-order valence-electron chi connectivity index (χ2n) is 5.86. The number of anilines is 2. The lowest BCUT2D eigenvalue weighted by Crippen LogP contribution is -2.32. The summed E-state index contributed by atoms with van der Waals surface area (Å²) in [6.45, 7) is 0. The molecule has 26 heavy (non-hydrogen) atoms. The highest BCUT2D eigenvalue weighted by Crippen LogP contribution is 2.22. The van der Waals surface area contributed by atoms with E-state index in [1.165, 1.54) is 18.2 Å². The number of nitrogens with one attached hydrogen (secondary N) is 1. The van der Waals surface area contributed by atoms with E-state index in [0.717, 1.165) is 6.26 Å². The van der Waals surface area contributed by atoms with Crippen LogP contribution in [-0.2, 0) is 21.1 Å². The minimum Gasteiger partial charge on any atom is -0.480 e. The fraction of sp³-hybridized carbons (Fsp3) is 0.176. The summed E-state index contributed by atoms with van der Waals surface area (Å²) in [5.41, 5.74) is 7.76. The maximum Gasteiger partial charge on any atom is 0.326 e. The van der Waals surface area contributed by atoms with Gasteiger partial charge in [-0.25, -0.2) is 13.2 Å². The Morgan fingerprint density at radius 2 is 2.04 bits per heavy atom. The van der Waals surface area contributed by atoms with Crippen LogP contribution in [0.15, 0.2) is 51.8 Å². The van der Waals surface area contributed by atoms with E-state index in [4.69, 9.17) is 10.2 Å². The molecule has 0 bridgehead atoms. The minimum atomic E-state index is -3.39. The number of fused-ring (bicyclic) bond motifs is 1. The lowest BCUT2D eigenvalue weighted by atomic mass is 10.0. The van der Waals surface area contributed by atoms with Gasteiger partial charge in [-0.3, -0.25) is 0 Å². The van der Waals surface area contributed by atoms with Crippen LogP contribution in [0.3, 0.4) is 0 Å². The average Bonchev–Trinajstić information content (AvgIpc) is 2.97. The van der Waals surface area contributed by atoms with Crippen molar-refractivity contribution in [2.75, 3.05) is 17.3 Å². The minimum absolute atomic E-state index is 0.0317. The smallest absolute Gasteiger partial charge is 0.326 e. The van der Waals surface area contributed by atoms with Gasteiger partial charge in [0.05, 0.1) is 4.90 Å². The van der Waals surface area contributed by atoms with Gasteiger partial charge in [-0.15, -0.1) is 0 Å². The molecule has 3 rings (SSSR count). The fourth-order valence-electron chi connectivity index (χ4n) is 2.49. The topological polar surface area (TPSA) is 136 Å². The number of carboxylic acids is 1. The zero-order valence-corrected chi connectivity index (χ0v) is 14.7. The summed E-state index contributed by atoms with van der Waals surface area (Å²) in [7, 11) is -3.39. The number of aliphatic carboxylic acids is 1. The van der Waals surface area contributed by atoms with E-state index >= 15 is 0 Å². The van der Waals surface area contributed by atoms with Crippen molar-refractivity contribution in [1.29, 1.82) is 0 Å². The van der Waals surface area contributed by atoms with E-state index < -0.39 is 21.8 Å². The first kappa shape index (κ1) is 17.7. The summed E-state index contributed by atoms with van der Waals surface area (Å²) in [5, 5.41) is 12.2. The molecule has 0 spiro atoms. The molecule has 4 N–H and O–H groups in total. The Morgan fingerprint density at radius 3 is 2.65 bits per heavy atom. The van der Waals surface area contributed by atoms with Crippen LogP contribution in [0.1, 0.15) is 5.56 Å². The van der Waals surface area contributed by atoms with Gasteiger partial charge in [0, 0.05) is 18.4 Å². The largest absolute Gasteiger partial charge is 0.480 e. The standard InChI is InChI=1S/C17H17N3O5S/c1-26(23,24)11-7-6-10(12(18)9-11)8-14(16(21)22)20-17-19-13-4-2-3-5-15(13)25-17/h2-7,9,14H,8,18H2,1H3,(H,19,20)(H,21,22)/t14-/m0/s1. The molecule has 0 aliphatic rings. The van der Waals surface area contributed by atoms with Crippen LogP contribution in [0, 0.1) is 0 Å². The van der Waals surface area contributed by atoms with Crippen LogP contribution in [0.2, 0.25) is 0 Å². The van der Waals surface area contributed by atoms with Gasteiger partial charge in [-0.05, 0) is 29.8 Å². The van der Waals surface area contributed by atoms with Crippen molar-refractivity contribution >= 4 is 38.6 Å². The van der Waals surface area contributed by atoms with E-state index in [-0.39, 0.29) is 23.0 Å². The quantitative estimate of drug-likeness (QED) is 0.556. The molecule has 1 atom stereocenters. The Kier molecular flexibility index (Phi) is 4.56. The summed E-state index contributed by atoms with van der Waals surface area (Å²) in [4.78, 5) is 15.9. The van der Waals surface area contributed by atoms with Crippen molar-refractivity contribution in [3.05, 3.63) is 48.0 Å². The predicted octanol–water partition coefficient (Wildman–Crippen LogP) is 1.92. The molecule has 1 heterocycles. The third-order valence-electron chi connectivity index (χ3n) is 3.86. The Bertz CT molecular complexity index is 1040. The van der Waals surface area contributed by atoms with Crippen LogP contribution in [-0.4, -0.2) is 36.8 Å². The number of nitrogens with zero attached hydrogens (tertiary/aromatic N) is 1. The van der Waals surface area contributed by atoms with Gasteiger partial charge in [-0.1, -0.05) is 18.2 Å². The molecule has 1 aromatic heterocycles. The van der Waals surface area contributed by atoms with Crippen molar-refractivity contribution in [3.8, 4) is 0 Å². The number of nitrogens with two attached hydrogens (primary N) is 1. The molecule has 9 heteroatoms. The Morgan fingerprint density at radius 1 is 1.31 bits per heavy atom. The molecular formula is C17H17N3O5S. The molecule has 136 valence electrons. The first-order valence-electron chi connectivity index (χ1n) is 7.67. The second-order valence-corrected chi connectivity index (χ2v) is 7.87. The van der Waals surface area contributed by atoms with Gasteiger partial charge in [0.2, 0.25) is 0 Å². The first-order valence-corrected chi connectivity index (χ1v) is 9.56. The van der Waals surface area contributed by atoms with Crippen LogP contribution >= 0.6 is 0 Å². The summed E-state index contributed by atoms with van der Waals surface area (Å²) < 4.78 is 28.6. The number of nitrogen functional groups attached to an aromatic ring is 1. The number of carbonyl (C=O) groups is 1. The van der Waals surface area contributed by atoms with Gasteiger partial charge in [0.1, 0.15) is 11.6 Å². The first-order chi connectivity index (χ1) is 12.2. The number of para-hydroxylation sites is 2. The Hall–Kier alpha value is -3.07. The van der Waals surface area contributed by atoms with Gasteiger partial charge in [0.15, 0.2) is 15.4 Å². The molecule has 0 radical (unpaired) electrons. The number of aromatic nitrogens is 1. The van der Waals surface area contributed by atoms with Gasteiger partial charge in [-0.2, -0.15) is 4.98 Å². The summed E-state index contributed by atoms with van der Waals surface area (Å²) in [6, 6.07) is 10.3. The van der Waals surface area contributed by atoms with Crippen molar-refractivity contribution in [1.82, 2.24) is 4.98 Å². The molecule has 0 amide bonds. The molecule has 0 saturated carbocycles. The number of oxazole rings is 1. The van der Waals surface area contributed by atoms with Crippen molar-refractivity contribution in [2.24, 2.45) is 0 Å².